The first-order chi connectivity index (χ1) is 12.1. The predicted octanol–water partition coefficient (Wildman–Crippen LogP) is 6.29. The van der Waals surface area contributed by atoms with Crippen LogP contribution in [0.1, 0.15) is 77.2 Å². The van der Waals surface area contributed by atoms with E-state index in [1.165, 1.54) is 38.5 Å². The molecule has 4 heteroatoms. The van der Waals surface area contributed by atoms with Crippen molar-refractivity contribution in [3.8, 4) is 5.75 Å². The Bertz CT molecular complexity index is 505. The average Bonchev–Trinajstić information content (AvgIpc) is 2.59. The van der Waals surface area contributed by atoms with Crippen molar-refractivity contribution in [3.63, 3.8) is 0 Å². The van der Waals surface area contributed by atoms with Gasteiger partial charge in [0.25, 0.3) is 0 Å². The SMILES string of the molecule is CCCCCCCCSC(CCCC)C(=O)Nc1cc(C)ccc1O. The van der Waals surface area contributed by atoms with Gasteiger partial charge in [0.1, 0.15) is 5.75 Å². The van der Waals surface area contributed by atoms with Crippen LogP contribution in [0.3, 0.4) is 0 Å². The molecule has 1 aromatic carbocycles. The van der Waals surface area contributed by atoms with Crippen LogP contribution in [0.25, 0.3) is 0 Å². The molecule has 1 aromatic rings. The van der Waals surface area contributed by atoms with Gasteiger partial charge in [0, 0.05) is 0 Å². The first-order valence-electron chi connectivity index (χ1n) is 9.80. The molecule has 3 nitrogen and oxygen atoms in total. The summed E-state index contributed by atoms with van der Waals surface area (Å²) in [5.74, 6) is 1.19. The number of benzene rings is 1. The number of carbonyl (C=O) groups is 1. The van der Waals surface area contributed by atoms with Crippen LogP contribution in [0.5, 0.6) is 5.75 Å². The van der Waals surface area contributed by atoms with Crippen molar-refractivity contribution in [1.29, 1.82) is 0 Å². The van der Waals surface area contributed by atoms with Crippen molar-refractivity contribution < 1.29 is 9.90 Å². The molecule has 1 rings (SSSR count). The Kier molecular flexibility index (Phi) is 11.5. The summed E-state index contributed by atoms with van der Waals surface area (Å²) in [6, 6.07) is 5.30. The van der Waals surface area contributed by atoms with E-state index in [4.69, 9.17) is 0 Å². The maximum Gasteiger partial charge on any atom is 0.237 e. The fraction of sp³-hybridized carbons (Fsp3) is 0.667. The first-order valence-corrected chi connectivity index (χ1v) is 10.9. The van der Waals surface area contributed by atoms with Crippen LogP contribution < -0.4 is 5.32 Å². The van der Waals surface area contributed by atoms with Crippen LogP contribution in [-0.2, 0) is 4.79 Å². The maximum absolute atomic E-state index is 12.6. The number of aromatic hydroxyl groups is 1. The molecule has 0 spiro atoms. The molecular weight excluding hydrogens is 330 g/mol. The van der Waals surface area contributed by atoms with E-state index >= 15 is 0 Å². The molecule has 0 heterocycles. The molecule has 1 atom stereocenters. The van der Waals surface area contributed by atoms with Crippen molar-refractivity contribution >= 4 is 23.4 Å². The molecule has 0 aromatic heterocycles. The van der Waals surface area contributed by atoms with Crippen LogP contribution >= 0.6 is 11.8 Å². The molecule has 0 fully saturated rings. The molecule has 0 aliphatic rings. The van der Waals surface area contributed by atoms with Gasteiger partial charge < -0.3 is 10.4 Å². The Hall–Kier alpha value is -1.16. The second-order valence-corrected chi connectivity index (χ2v) is 8.09. The molecule has 0 radical (unpaired) electrons. The number of thioether (sulfide) groups is 1. The highest BCUT2D eigenvalue weighted by molar-refractivity contribution is 8.00. The Morgan fingerprint density at radius 1 is 1.08 bits per heavy atom. The van der Waals surface area contributed by atoms with E-state index < -0.39 is 0 Å². The molecule has 1 amide bonds. The summed E-state index contributed by atoms with van der Waals surface area (Å²) in [6.07, 6.45) is 10.7. The van der Waals surface area contributed by atoms with Gasteiger partial charge in [0.05, 0.1) is 10.9 Å². The normalized spacial score (nSPS) is 12.1. The quantitative estimate of drug-likeness (QED) is 0.319. The standard InChI is InChI=1S/C21H35NO2S/c1-4-6-8-9-10-11-15-25-20(12-7-5-2)21(24)22-18-16-17(3)13-14-19(18)23/h13-14,16,20,23H,4-12,15H2,1-3H3,(H,22,24). The smallest absolute Gasteiger partial charge is 0.237 e. The topological polar surface area (TPSA) is 49.3 Å². The molecule has 0 aliphatic heterocycles. The largest absolute Gasteiger partial charge is 0.506 e. The van der Waals surface area contributed by atoms with E-state index in [9.17, 15) is 9.90 Å². The first kappa shape index (κ1) is 21.9. The van der Waals surface area contributed by atoms with Crippen molar-refractivity contribution in [3.05, 3.63) is 23.8 Å². The maximum atomic E-state index is 12.6. The Labute approximate surface area is 158 Å². The Morgan fingerprint density at radius 3 is 2.48 bits per heavy atom. The number of rotatable bonds is 13. The fourth-order valence-corrected chi connectivity index (χ4v) is 3.95. The summed E-state index contributed by atoms with van der Waals surface area (Å²) in [7, 11) is 0. The van der Waals surface area contributed by atoms with Crippen molar-refractivity contribution in [2.75, 3.05) is 11.1 Å². The number of amides is 1. The highest BCUT2D eigenvalue weighted by Crippen LogP contribution is 2.27. The van der Waals surface area contributed by atoms with Gasteiger partial charge in [-0.1, -0.05) is 64.9 Å². The van der Waals surface area contributed by atoms with Crippen LogP contribution in [0.15, 0.2) is 18.2 Å². The fourth-order valence-electron chi connectivity index (χ4n) is 2.75. The monoisotopic (exact) mass is 365 g/mol. The third-order valence-corrected chi connectivity index (χ3v) is 5.72. The zero-order valence-electron chi connectivity index (χ0n) is 16.1. The minimum absolute atomic E-state index is 0.0188. The zero-order valence-corrected chi connectivity index (χ0v) is 17.0. The van der Waals surface area contributed by atoms with E-state index in [1.54, 1.807) is 17.8 Å². The van der Waals surface area contributed by atoms with Gasteiger partial charge in [-0.25, -0.2) is 0 Å². The molecule has 25 heavy (non-hydrogen) atoms. The summed E-state index contributed by atoms with van der Waals surface area (Å²) < 4.78 is 0. The van der Waals surface area contributed by atoms with Crippen molar-refractivity contribution in [2.45, 2.75) is 83.8 Å². The van der Waals surface area contributed by atoms with E-state index in [0.29, 0.717) is 5.69 Å². The number of phenolic OH excluding ortho intramolecular Hbond substituents is 1. The molecule has 2 N–H and O–H groups in total. The number of anilines is 1. The van der Waals surface area contributed by atoms with Crippen LogP contribution in [-0.4, -0.2) is 22.0 Å². The van der Waals surface area contributed by atoms with Crippen molar-refractivity contribution in [1.82, 2.24) is 0 Å². The van der Waals surface area contributed by atoms with Crippen LogP contribution in [0.2, 0.25) is 0 Å². The van der Waals surface area contributed by atoms with Gasteiger partial charge in [-0.2, -0.15) is 0 Å². The lowest BCUT2D eigenvalue weighted by Gasteiger charge is -2.17. The van der Waals surface area contributed by atoms with Gasteiger partial charge in [0.2, 0.25) is 5.91 Å². The molecule has 0 aliphatic carbocycles. The number of carbonyl (C=O) groups excluding carboxylic acids is 1. The Balaban J connectivity index is 2.47. The third kappa shape index (κ3) is 9.20. The number of unbranched alkanes of at least 4 members (excludes halogenated alkanes) is 6. The number of nitrogens with one attached hydrogen (secondary N) is 1. The Morgan fingerprint density at radius 2 is 1.76 bits per heavy atom. The zero-order chi connectivity index (χ0) is 18.5. The van der Waals surface area contributed by atoms with Gasteiger partial charge in [0.15, 0.2) is 0 Å². The molecule has 0 bridgehead atoms. The minimum atomic E-state index is -0.0319. The van der Waals surface area contributed by atoms with Gasteiger partial charge in [-0.15, -0.1) is 11.8 Å². The summed E-state index contributed by atoms with van der Waals surface area (Å²) in [6.45, 7) is 6.34. The van der Waals surface area contributed by atoms with Crippen molar-refractivity contribution in [2.24, 2.45) is 0 Å². The van der Waals surface area contributed by atoms with Gasteiger partial charge >= 0.3 is 0 Å². The highest BCUT2D eigenvalue weighted by atomic mass is 32.2. The predicted molar refractivity (Wildman–Crippen MR) is 111 cm³/mol. The van der Waals surface area contributed by atoms with E-state index in [0.717, 1.165) is 30.6 Å². The lowest BCUT2D eigenvalue weighted by Crippen LogP contribution is -2.25. The second kappa shape index (κ2) is 13.1. The second-order valence-electron chi connectivity index (χ2n) is 6.78. The third-order valence-electron chi connectivity index (χ3n) is 4.34. The lowest BCUT2D eigenvalue weighted by atomic mass is 10.1. The summed E-state index contributed by atoms with van der Waals surface area (Å²) >= 11 is 1.77. The van der Waals surface area contributed by atoms with Crippen LogP contribution in [0, 0.1) is 6.92 Å². The summed E-state index contributed by atoms with van der Waals surface area (Å²) in [5.41, 5.74) is 1.55. The molecular formula is C21H35NO2S. The van der Waals surface area contributed by atoms with Gasteiger partial charge in [-0.3, -0.25) is 4.79 Å². The van der Waals surface area contributed by atoms with E-state index in [-0.39, 0.29) is 16.9 Å². The number of hydrogen-bond donors (Lipinski definition) is 2. The van der Waals surface area contributed by atoms with Crippen LogP contribution in [0.4, 0.5) is 5.69 Å². The number of hydrogen-bond acceptors (Lipinski definition) is 3. The minimum Gasteiger partial charge on any atom is -0.506 e. The highest BCUT2D eigenvalue weighted by Gasteiger charge is 2.19. The summed E-state index contributed by atoms with van der Waals surface area (Å²) in [4.78, 5) is 12.6. The lowest BCUT2D eigenvalue weighted by molar-refractivity contribution is -0.115. The van der Waals surface area contributed by atoms with E-state index in [1.807, 2.05) is 19.1 Å². The molecule has 142 valence electrons. The number of aryl methyl sites for hydroxylation is 1. The molecule has 0 saturated carbocycles. The summed E-state index contributed by atoms with van der Waals surface area (Å²) in [5, 5.41) is 12.8. The molecule has 1 unspecified atom stereocenters. The number of phenols is 1. The van der Waals surface area contributed by atoms with Gasteiger partial charge in [-0.05, 0) is 43.2 Å². The van der Waals surface area contributed by atoms with E-state index in [2.05, 4.69) is 19.2 Å². The average molecular weight is 366 g/mol. The molecule has 0 saturated heterocycles.